The van der Waals surface area contributed by atoms with Crippen molar-refractivity contribution in [3.8, 4) is 0 Å². The van der Waals surface area contributed by atoms with Gasteiger partial charge < -0.3 is 64.2 Å². The summed E-state index contributed by atoms with van der Waals surface area (Å²) in [6.07, 6.45) is 37.6. The molecule has 15 nitrogen and oxygen atoms in total. The monoisotopic (exact) mass is 1100 g/mol. The van der Waals surface area contributed by atoms with Crippen molar-refractivity contribution >= 4 is 11.9 Å². The van der Waals surface area contributed by atoms with Crippen molar-refractivity contribution in [2.24, 2.45) is 0 Å². The largest absolute Gasteiger partial charge is 0.462 e. The van der Waals surface area contributed by atoms with Crippen LogP contribution in [0.5, 0.6) is 0 Å². The van der Waals surface area contributed by atoms with Crippen LogP contribution >= 0.6 is 0 Å². The Morgan fingerprint density at radius 3 is 1.21 bits per heavy atom. The first-order valence-electron chi connectivity index (χ1n) is 31.4. The first-order chi connectivity index (χ1) is 37.5. The van der Waals surface area contributed by atoms with E-state index >= 15 is 0 Å². The van der Waals surface area contributed by atoms with Gasteiger partial charge in [0.2, 0.25) is 0 Å². The minimum Gasteiger partial charge on any atom is -0.462 e. The predicted molar refractivity (Wildman–Crippen MR) is 303 cm³/mol. The number of carbonyl (C=O) groups is 2. The van der Waals surface area contributed by atoms with Crippen LogP contribution in [0.1, 0.15) is 264 Å². The Bertz CT molecular complexity index is 1430. The van der Waals surface area contributed by atoms with Crippen LogP contribution in [0.4, 0.5) is 0 Å². The van der Waals surface area contributed by atoms with Crippen LogP contribution in [0.15, 0.2) is 24.3 Å². The summed E-state index contributed by atoms with van der Waals surface area (Å²) in [5.74, 6) is -0.914. The third-order valence-corrected chi connectivity index (χ3v) is 15.2. The maximum atomic E-state index is 13.1. The van der Waals surface area contributed by atoms with Crippen molar-refractivity contribution in [3.05, 3.63) is 24.3 Å². The number of unbranched alkanes of at least 4 members (excludes halogenated alkanes) is 33. The molecule has 0 aromatic rings. The number of allylic oxidation sites excluding steroid dienone is 4. The second-order valence-corrected chi connectivity index (χ2v) is 22.2. The van der Waals surface area contributed by atoms with Gasteiger partial charge in [0.1, 0.15) is 55.4 Å². The van der Waals surface area contributed by atoms with Gasteiger partial charge in [-0.05, 0) is 44.9 Å². The lowest BCUT2D eigenvalue weighted by molar-refractivity contribution is -0.332. The second-order valence-electron chi connectivity index (χ2n) is 22.2. The average molecular weight is 1100 g/mol. The molecule has 0 amide bonds. The van der Waals surface area contributed by atoms with Crippen molar-refractivity contribution in [2.45, 2.75) is 332 Å². The van der Waals surface area contributed by atoms with Crippen molar-refractivity contribution in [1.29, 1.82) is 0 Å². The van der Waals surface area contributed by atoms with E-state index in [0.29, 0.717) is 12.8 Å². The van der Waals surface area contributed by atoms with E-state index < -0.39 is 92.7 Å². The molecule has 2 rings (SSSR count). The van der Waals surface area contributed by atoms with Gasteiger partial charge in [0.15, 0.2) is 18.7 Å². The first kappa shape index (κ1) is 71.1. The molecule has 2 aliphatic rings. The summed E-state index contributed by atoms with van der Waals surface area (Å²) < 4.78 is 33.8. The van der Waals surface area contributed by atoms with Crippen molar-refractivity contribution in [1.82, 2.24) is 0 Å². The van der Waals surface area contributed by atoms with E-state index in [-0.39, 0.29) is 26.1 Å². The SMILES string of the molecule is CCCCCCC/C=C\C/C=C\CCCCCCCCCCCC(=O)OC(COC(=O)CCCCCCCCCCCCCCCCCCCCCC)COC1OC(COC2OC(CO)C(O)C(O)C2O)C(O)C(O)C1O. The standard InChI is InChI=1S/C62H114O15/c1-3-5-7-9-11-13-15-17-19-21-23-25-27-29-31-33-35-37-39-41-43-45-54(65)75-50(47-72-53(64)44-42-40-38-36-34-32-30-28-26-24-22-20-18-16-14-12-10-8-6-4-2)48-73-61-60(71)58(69)56(67)52(77-61)49-74-62-59(70)57(68)55(66)51(46-63)76-62/h15,17,21,23,50-52,55-63,66-71H,3-14,16,18-20,22,24-49H2,1-2H3/b17-15-,23-21-. The van der Waals surface area contributed by atoms with E-state index in [1.807, 2.05) is 0 Å². The molecule has 11 atom stereocenters. The molecule has 2 heterocycles. The number of rotatable bonds is 51. The molecular weight excluding hydrogens is 985 g/mol. The highest BCUT2D eigenvalue weighted by Gasteiger charge is 2.47. The summed E-state index contributed by atoms with van der Waals surface area (Å²) in [6.45, 7) is 2.64. The molecule has 15 heteroatoms. The first-order valence-corrected chi connectivity index (χ1v) is 31.4. The summed E-state index contributed by atoms with van der Waals surface area (Å²) >= 11 is 0. The molecule has 2 aliphatic heterocycles. The number of carbonyl (C=O) groups excluding carboxylic acids is 2. The molecule has 0 saturated carbocycles. The predicted octanol–water partition coefficient (Wildman–Crippen LogP) is 11.4. The molecule has 0 aromatic heterocycles. The second kappa shape index (κ2) is 48.7. The molecule has 452 valence electrons. The fourth-order valence-electron chi connectivity index (χ4n) is 10.1. The fraction of sp³-hybridized carbons (Fsp3) is 0.903. The minimum absolute atomic E-state index is 0.164. The average Bonchev–Trinajstić information content (AvgIpc) is 3.43. The molecule has 7 N–H and O–H groups in total. The van der Waals surface area contributed by atoms with Gasteiger partial charge in [0.05, 0.1) is 19.8 Å². The molecule has 0 aliphatic carbocycles. The highest BCUT2D eigenvalue weighted by Crippen LogP contribution is 2.27. The quantitative estimate of drug-likeness (QED) is 0.0171. The zero-order chi connectivity index (χ0) is 56.0. The van der Waals surface area contributed by atoms with E-state index in [1.54, 1.807) is 0 Å². The van der Waals surface area contributed by atoms with Crippen molar-refractivity contribution in [3.63, 3.8) is 0 Å². The maximum absolute atomic E-state index is 13.1. The molecule has 77 heavy (non-hydrogen) atoms. The fourth-order valence-corrected chi connectivity index (χ4v) is 10.1. The van der Waals surface area contributed by atoms with Gasteiger partial charge in [-0.25, -0.2) is 0 Å². The molecule has 0 aromatic carbocycles. The zero-order valence-electron chi connectivity index (χ0n) is 48.5. The van der Waals surface area contributed by atoms with Crippen LogP contribution in [-0.2, 0) is 38.0 Å². The van der Waals surface area contributed by atoms with E-state index in [1.165, 1.54) is 167 Å². The highest BCUT2D eigenvalue weighted by atomic mass is 16.7. The molecule has 0 spiro atoms. The lowest BCUT2D eigenvalue weighted by atomic mass is 9.98. The lowest BCUT2D eigenvalue weighted by Gasteiger charge is -2.42. The molecule has 0 radical (unpaired) electrons. The van der Waals surface area contributed by atoms with E-state index in [4.69, 9.17) is 28.4 Å². The molecule has 2 saturated heterocycles. The normalized spacial score (nSPS) is 24.3. The Labute approximate surface area is 466 Å². The van der Waals surface area contributed by atoms with Gasteiger partial charge in [-0.2, -0.15) is 0 Å². The van der Waals surface area contributed by atoms with Crippen LogP contribution in [0.3, 0.4) is 0 Å². The van der Waals surface area contributed by atoms with E-state index in [0.717, 1.165) is 57.8 Å². The van der Waals surface area contributed by atoms with Crippen molar-refractivity contribution < 1.29 is 73.8 Å². The van der Waals surface area contributed by atoms with Gasteiger partial charge in [-0.15, -0.1) is 0 Å². The smallest absolute Gasteiger partial charge is 0.306 e. The van der Waals surface area contributed by atoms with Crippen LogP contribution in [0, 0.1) is 0 Å². The van der Waals surface area contributed by atoms with E-state index in [2.05, 4.69) is 38.2 Å². The summed E-state index contributed by atoms with van der Waals surface area (Å²) in [5, 5.41) is 72.4. The Balaban J connectivity index is 1.72. The van der Waals surface area contributed by atoms with Crippen LogP contribution in [0.25, 0.3) is 0 Å². The zero-order valence-corrected chi connectivity index (χ0v) is 48.5. The molecule has 2 fully saturated rings. The molecule has 0 bridgehead atoms. The maximum Gasteiger partial charge on any atom is 0.306 e. The summed E-state index contributed by atoms with van der Waals surface area (Å²) in [7, 11) is 0. The van der Waals surface area contributed by atoms with Gasteiger partial charge in [-0.3, -0.25) is 9.59 Å². The van der Waals surface area contributed by atoms with Gasteiger partial charge in [-0.1, -0.05) is 231 Å². The topological polar surface area (TPSA) is 231 Å². The number of ether oxygens (including phenoxy) is 6. The van der Waals surface area contributed by atoms with Gasteiger partial charge >= 0.3 is 11.9 Å². The summed E-state index contributed by atoms with van der Waals surface area (Å²) in [5.41, 5.74) is 0. The number of hydrogen-bond donors (Lipinski definition) is 7. The van der Waals surface area contributed by atoms with Crippen molar-refractivity contribution in [2.75, 3.05) is 26.4 Å². The summed E-state index contributed by atoms with van der Waals surface area (Å²) in [4.78, 5) is 26.0. The minimum atomic E-state index is -1.76. The Morgan fingerprint density at radius 1 is 0.416 bits per heavy atom. The van der Waals surface area contributed by atoms with E-state index in [9.17, 15) is 45.3 Å². The third kappa shape index (κ3) is 35.5. The molecular formula is C62H114O15. The van der Waals surface area contributed by atoms with Gasteiger partial charge in [0.25, 0.3) is 0 Å². The molecule has 11 unspecified atom stereocenters. The Morgan fingerprint density at radius 2 is 0.779 bits per heavy atom. The summed E-state index contributed by atoms with van der Waals surface area (Å²) in [6, 6.07) is 0. The number of aliphatic hydroxyl groups excluding tert-OH is 7. The van der Waals surface area contributed by atoms with Gasteiger partial charge in [0, 0.05) is 12.8 Å². The lowest BCUT2D eigenvalue weighted by Crippen LogP contribution is -2.61. The number of aliphatic hydroxyl groups is 7. The number of hydrogen-bond acceptors (Lipinski definition) is 15. The van der Waals surface area contributed by atoms with Crippen LogP contribution in [-0.4, -0.2) is 142 Å². The third-order valence-electron chi connectivity index (χ3n) is 15.2. The Hall–Kier alpha value is -2.02. The highest BCUT2D eigenvalue weighted by molar-refractivity contribution is 5.70. The van der Waals surface area contributed by atoms with Crippen LogP contribution < -0.4 is 0 Å². The Kier molecular flexibility index (Phi) is 44.9. The van der Waals surface area contributed by atoms with Crippen LogP contribution in [0.2, 0.25) is 0 Å². The number of esters is 2.